The molecule has 4 rings (SSSR count). The number of anilines is 1. The molecule has 6 nitrogen and oxygen atoms in total. The number of piperazine rings is 1. The number of benzene rings is 1. The summed E-state index contributed by atoms with van der Waals surface area (Å²) in [5.74, 6) is 1.12. The Bertz CT molecular complexity index is 782. The molecule has 1 aromatic heterocycles. The molecule has 2 amide bonds. The largest absolute Gasteiger partial charge is 0.353 e. The van der Waals surface area contributed by atoms with Crippen molar-refractivity contribution in [3.63, 3.8) is 0 Å². The number of rotatable bonds is 6. The normalized spacial score (nSPS) is 19.1. The van der Waals surface area contributed by atoms with Crippen LogP contribution in [0.5, 0.6) is 0 Å². The Labute approximate surface area is 157 Å². The highest BCUT2D eigenvalue weighted by Crippen LogP contribution is 2.29. The third-order valence-corrected chi connectivity index (χ3v) is 6.11. The fourth-order valence-electron chi connectivity index (χ4n) is 3.76. The van der Waals surface area contributed by atoms with E-state index in [-0.39, 0.29) is 11.8 Å². The Balaban J connectivity index is 1.22. The van der Waals surface area contributed by atoms with E-state index < -0.39 is 0 Å². The molecule has 0 atom stereocenters. The van der Waals surface area contributed by atoms with E-state index in [1.807, 2.05) is 0 Å². The van der Waals surface area contributed by atoms with E-state index in [9.17, 15) is 9.59 Å². The number of aromatic nitrogens is 1. The van der Waals surface area contributed by atoms with Gasteiger partial charge in [-0.1, -0.05) is 12.1 Å². The zero-order valence-corrected chi connectivity index (χ0v) is 15.7. The van der Waals surface area contributed by atoms with Crippen molar-refractivity contribution in [1.29, 1.82) is 0 Å². The van der Waals surface area contributed by atoms with Gasteiger partial charge in [-0.05, 0) is 43.1 Å². The molecule has 2 saturated heterocycles. The standard InChI is InChI=1S/C19H24N4O2S/c24-17-7-8-18(25)23(17)10-4-3-9-21-11-13-22(14-12-21)19-15-5-1-2-6-16(15)26-20-19/h1-2,5-6H,3-4,7-14H2. The molecule has 0 bridgehead atoms. The number of carbonyl (C=O) groups is 2. The van der Waals surface area contributed by atoms with Crippen LogP contribution >= 0.6 is 11.5 Å². The summed E-state index contributed by atoms with van der Waals surface area (Å²) in [6.07, 6.45) is 2.71. The molecule has 7 heteroatoms. The van der Waals surface area contributed by atoms with Gasteiger partial charge in [0.15, 0.2) is 0 Å². The van der Waals surface area contributed by atoms with Crippen molar-refractivity contribution in [3.05, 3.63) is 24.3 Å². The van der Waals surface area contributed by atoms with Gasteiger partial charge in [-0.15, -0.1) is 0 Å². The van der Waals surface area contributed by atoms with Crippen LogP contribution in [0.4, 0.5) is 5.82 Å². The lowest BCUT2D eigenvalue weighted by atomic mass is 10.2. The Hall–Kier alpha value is -1.99. The molecule has 0 radical (unpaired) electrons. The molecule has 2 fully saturated rings. The first-order valence-corrected chi connectivity index (χ1v) is 10.1. The predicted octanol–water partition coefficient (Wildman–Crippen LogP) is 2.35. The molecule has 2 aliphatic heterocycles. The highest BCUT2D eigenvalue weighted by Gasteiger charge is 2.28. The highest BCUT2D eigenvalue weighted by molar-refractivity contribution is 7.13. The lowest BCUT2D eigenvalue weighted by molar-refractivity contribution is -0.138. The zero-order valence-electron chi connectivity index (χ0n) is 14.9. The van der Waals surface area contributed by atoms with Crippen LogP contribution in [0.25, 0.3) is 10.1 Å². The predicted molar refractivity (Wildman–Crippen MR) is 103 cm³/mol. The van der Waals surface area contributed by atoms with Gasteiger partial charge in [0.05, 0.1) is 4.70 Å². The average molecular weight is 372 g/mol. The molecule has 0 spiro atoms. The van der Waals surface area contributed by atoms with Crippen LogP contribution in [0.3, 0.4) is 0 Å². The quantitative estimate of drug-likeness (QED) is 0.575. The van der Waals surface area contributed by atoms with Crippen molar-refractivity contribution >= 4 is 39.3 Å². The summed E-state index contributed by atoms with van der Waals surface area (Å²) in [6.45, 7) is 5.68. The first-order chi connectivity index (χ1) is 12.7. The molecule has 138 valence electrons. The van der Waals surface area contributed by atoms with Gasteiger partial charge >= 0.3 is 0 Å². The smallest absolute Gasteiger partial charge is 0.229 e. The Morgan fingerprint density at radius 1 is 0.923 bits per heavy atom. The van der Waals surface area contributed by atoms with Crippen LogP contribution < -0.4 is 4.90 Å². The Kier molecular flexibility index (Phi) is 5.17. The Morgan fingerprint density at radius 3 is 2.38 bits per heavy atom. The SMILES string of the molecule is O=C1CCC(=O)N1CCCCN1CCN(c2nsc3ccccc23)CC1. The van der Waals surface area contributed by atoms with E-state index in [1.165, 1.54) is 15.0 Å². The number of amides is 2. The van der Waals surface area contributed by atoms with Crippen molar-refractivity contribution in [1.82, 2.24) is 14.2 Å². The number of imide groups is 1. The number of nitrogens with zero attached hydrogens (tertiary/aromatic N) is 4. The average Bonchev–Trinajstić information content (AvgIpc) is 3.23. The maximum atomic E-state index is 11.6. The summed E-state index contributed by atoms with van der Waals surface area (Å²) >= 11 is 1.57. The van der Waals surface area contributed by atoms with Crippen LogP contribution in [-0.2, 0) is 9.59 Å². The molecule has 3 heterocycles. The van der Waals surface area contributed by atoms with Crippen LogP contribution in [0.2, 0.25) is 0 Å². The summed E-state index contributed by atoms with van der Waals surface area (Å²) in [7, 11) is 0. The van der Waals surface area contributed by atoms with Crippen LogP contribution in [0.1, 0.15) is 25.7 Å². The summed E-state index contributed by atoms with van der Waals surface area (Å²) in [6, 6.07) is 8.42. The summed E-state index contributed by atoms with van der Waals surface area (Å²) in [5.41, 5.74) is 0. The van der Waals surface area contributed by atoms with Crippen molar-refractivity contribution in [2.75, 3.05) is 44.2 Å². The number of likely N-dealkylation sites (tertiary alicyclic amines) is 1. The molecule has 0 unspecified atom stereocenters. The minimum atomic E-state index is -0.000830. The van der Waals surface area contributed by atoms with Crippen molar-refractivity contribution in [2.24, 2.45) is 0 Å². The highest BCUT2D eigenvalue weighted by atomic mass is 32.1. The van der Waals surface area contributed by atoms with Gasteiger partial charge in [-0.25, -0.2) is 0 Å². The fourth-order valence-corrected chi connectivity index (χ4v) is 4.56. The summed E-state index contributed by atoms with van der Waals surface area (Å²) in [5, 5.41) is 1.26. The molecular formula is C19H24N4O2S. The van der Waals surface area contributed by atoms with Crippen molar-refractivity contribution in [3.8, 4) is 0 Å². The van der Waals surface area contributed by atoms with E-state index in [2.05, 4.69) is 38.4 Å². The number of fused-ring (bicyclic) bond motifs is 1. The summed E-state index contributed by atoms with van der Waals surface area (Å²) < 4.78 is 5.90. The monoisotopic (exact) mass is 372 g/mol. The number of hydrogen-bond acceptors (Lipinski definition) is 6. The molecule has 0 aliphatic carbocycles. The molecule has 0 N–H and O–H groups in total. The van der Waals surface area contributed by atoms with Gasteiger partial charge in [0.2, 0.25) is 11.8 Å². The van der Waals surface area contributed by atoms with Crippen LogP contribution in [0, 0.1) is 0 Å². The molecular weight excluding hydrogens is 348 g/mol. The molecule has 2 aliphatic rings. The van der Waals surface area contributed by atoms with Gasteiger partial charge in [-0.2, -0.15) is 4.37 Å². The first kappa shape index (κ1) is 17.4. The fraction of sp³-hybridized carbons (Fsp3) is 0.526. The molecule has 2 aromatic rings. The lowest BCUT2D eigenvalue weighted by Gasteiger charge is -2.35. The first-order valence-electron chi connectivity index (χ1n) is 9.37. The minimum Gasteiger partial charge on any atom is -0.353 e. The van der Waals surface area contributed by atoms with E-state index in [1.54, 1.807) is 11.5 Å². The Morgan fingerprint density at radius 2 is 1.62 bits per heavy atom. The zero-order chi connectivity index (χ0) is 17.9. The van der Waals surface area contributed by atoms with Crippen molar-refractivity contribution < 1.29 is 9.59 Å². The third kappa shape index (κ3) is 3.59. The van der Waals surface area contributed by atoms with Crippen molar-refractivity contribution in [2.45, 2.75) is 25.7 Å². The van der Waals surface area contributed by atoms with E-state index in [4.69, 9.17) is 0 Å². The van der Waals surface area contributed by atoms with Gasteiger partial charge in [-0.3, -0.25) is 19.4 Å². The van der Waals surface area contributed by atoms with Gasteiger partial charge < -0.3 is 4.90 Å². The van der Waals surface area contributed by atoms with Gasteiger partial charge in [0.1, 0.15) is 5.82 Å². The second kappa shape index (κ2) is 7.72. The number of hydrogen-bond donors (Lipinski definition) is 0. The molecule has 1 aromatic carbocycles. The van der Waals surface area contributed by atoms with E-state index in [0.717, 1.165) is 51.4 Å². The maximum Gasteiger partial charge on any atom is 0.229 e. The number of unbranched alkanes of at least 4 members (excludes halogenated alkanes) is 1. The number of carbonyl (C=O) groups excluding carboxylic acids is 2. The maximum absolute atomic E-state index is 11.6. The second-order valence-electron chi connectivity index (χ2n) is 6.98. The second-order valence-corrected chi connectivity index (χ2v) is 7.78. The third-order valence-electron chi connectivity index (χ3n) is 5.29. The van der Waals surface area contributed by atoms with Crippen LogP contribution in [-0.4, -0.2) is 65.3 Å². The minimum absolute atomic E-state index is 0.000830. The van der Waals surface area contributed by atoms with E-state index >= 15 is 0 Å². The van der Waals surface area contributed by atoms with E-state index in [0.29, 0.717) is 19.4 Å². The molecule has 0 saturated carbocycles. The summed E-state index contributed by atoms with van der Waals surface area (Å²) in [4.78, 5) is 29.5. The molecule has 26 heavy (non-hydrogen) atoms. The lowest BCUT2D eigenvalue weighted by Crippen LogP contribution is -2.46. The topological polar surface area (TPSA) is 56.8 Å². The van der Waals surface area contributed by atoms with Gasteiger partial charge in [0, 0.05) is 51.0 Å². The van der Waals surface area contributed by atoms with Gasteiger partial charge in [0.25, 0.3) is 0 Å². The van der Waals surface area contributed by atoms with Crippen LogP contribution in [0.15, 0.2) is 24.3 Å².